The molecule has 3 heterocycles. The summed E-state index contributed by atoms with van der Waals surface area (Å²) in [5.41, 5.74) is 8.75. The molecule has 2 aliphatic rings. The average molecular weight is 411 g/mol. The van der Waals surface area contributed by atoms with Gasteiger partial charge in [0.1, 0.15) is 5.82 Å². The molecule has 1 aromatic carbocycles. The number of rotatable bonds is 7. The van der Waals surface area contributed by atoms with Crippen LogP contribution in [0.15, 0.2) is 42.6 Å². The number of nitrogens with one attached hydrogen (secondary N) is 1. The van der Waals surface area contributed by atoms with E-state index in [1.165, 1.54) is 6.42 Å². The maximum atomic E-state index is 8.57. The molecule has 0 radical (unpaired) electrons. The van der Waals surface area contributed by atoms with Gasteiger partial charge in [-0.1, -0.05) is 18.2 Å². The number of morpholine rings is 1. The molecule has 1 aromatic heterocycles. The van der Waals surface area contributed by atoms with Crippen molar-refractivity contribution in [3.05, 3.63) is 53.7 Å². The topological polar surface area (TPSA) is 81.7 Å². The van der Waals surface area contributed by atoms with Gasteiger partial charge in [-0.15, -0.1) is 0 Å². The smallest absolute Gasteiger partial charge is 0.129 e. The lowest BCUT2D eigenvalue weighted by atomic mass is 10.0. The molecule has 0 aliphatic carbocycles. The van der Waals surface area contributed by atoms with Crippen molar-refractivity contribution in [2.45, 2.75) is 6.42 Å². The van der Waals surface area contributed by atoms with Gasteiger partial charge in [0.2, 0.25) is 0 Å². The van der Waals surface area contributed by atoms with E-state index < -0.39 is 0 Å². The summed E-state index contributed by atoms with van der Waals surface area (Å²) in [5.74, 6) is 0.944. The molecule has 2 aliphatic heterocycles. The number of para-hydroxylation sites is 1. The van der Waals surface area contributed by atoms with E-state index in [0.29, 0.717) is 11.4 Å². The fourth-order valence-electron chi connectivity index (χ4n) is 4.17. The van der Waals surface area contributed by atoms with Crippen LogP contribution in [0.5, 0.6) is 0 Å². The molecule has 2 fully saturated rings. The molecule has 0 bridgehead atoms. The highest BCUT2D eigenvalue weighted by Crippen LogP contribution is 2.20. The number of nitrogen functional groups attached to an aromatic ring is 1. The minimum atomic E-state index is 0. The first-order valence-corrected chi connectivity index (χ1v) is 10.9. The highest BCUT2D eigenvalue weighted by atomic mass is 16.5. The van der Waals surface area contributed by atoms with Crippen molar-refractivity contribution >= 4 is 17.2 Å². The summed E-state index contributed by atoms with van der Waals surface area (Å²) < 4.78 is 5.42. The predicted molar refractivity (Wildman–Crippen MR) is 124 cm³/mol. The molecule has 2 aromatic rings. The summed E-state index contributed by atoms with van der Waals surface area (Å²) in [6.45, 7) is 10.2. The zero-order valence-corrected chi connectivity index (χ0v) is 17.6. The van der Waals surface area contributed by atoms with Crippen LogP contribution in [0.2, 0.25) is 0 Å². The molecular formula is C23H34N6O. The summed E-state index contributed by atoms with van der Waals surface area (Å²) in [6.07, 6.45) is 3.01. The third kappa shape index (κ3) is 5.16. The van der Waals surface area contributed by atoms with Crippen molar-refractivity contribution in [3.63, 3.8) is 0 Å². The Hall–Kier alpha value is -2.48. The Kier molecular flexibility index (Phi) is 6.94. The first-order chi connectivity index (χ1) is 14.7. The summed E-state index contributed by atoms with van der Waals surface area (Å²) in [4.78, 5) is 11.9. The van der Waals surface area contributed by atoms with Crippen LogP contribution in [0.4, 0.5) is 11.5 Å². The second-order valence-corrected chi connectivity index (χ2v) is 8.00. The number of nitrogens with zero attached hydrogens (tertiary/aromatic N) is 4. The number of benzene rings is 1. The summed E-state index contributed by atoms with van der Waals surface area (Å²) in [5, 5.41) is 8.57. The Balaban J connectivity index is 0.00000272. The number of piperazine rings is 1. The molecule has 0 atom stereocenters. The zero-order chi connectivity index (χ0) is 20.8. The van der Waals surface area contributed by atoms with Crippen LogP contribution >= 0.6 is 0 Å². The maximum absolute atomic E-state index is 8.57. The average Bonchev–Trinajstić information content (AvgIpc) is 2.80. The van der Waals surface area contributed by atoms with Crippen molar-refractivity contribution in [2.24, 2.45) is 0 Å². The van der Waals surface area contributed by atoms with Crippen LogP contribution in [-0.2, 0) is 4.74 Å². The number of aromatic nitrogens is 1. The molecule has 3 N–H and O–H groups in total. The molecule has 7 heteroatoms. The van der Waals surface area contributed by atoms with Crippen LogP contribution in [-0.4, -0.2) is 86.1 Å². The molecule has 7 nitrogen and oxygen atoms in total. The lowest BCUT2D eigenvalue weighted by Crippen LogP contribution is -2.47. The van der Waals surface area contributed by atoms with E-state index >= 15 is 0 Å². The van der Waals surface area contributed by atoms with Crippen LogP contribution in [0.3, 0.4) is 0 Å². The van der Waals surface area contributed by atoms with Gasteiger partial charge in [-0.25, -0.2) is 4.98 Å². The lowest BCUT2D eigenvalue weighted by Gasteiger charge is -2.36. The van der Waals surface area contributed by atoms with Gasteiger partial charge in [-0.3, -0.25) is 15.2 Å². The maximum Gasteiger partial charge on any atom is 0.129 e. The third-order valence-electron chi connectivity index (χ3n) is 6.01. The van der Waals surface area contributed by atoms with E-state index in [1.807, 2.05) is 36.4 Å². The first-order valence-electron chi connectivity index (χ1n) is 10.9. The second-order valence-electron chi connectivity index (χ2n) is 8.00. The zero-order valence-electron chi connectivity index (χ0n) is 17.6. The van der Waals surface area contributed by atoms with E-state index in [2.05, 4.69) is 19.7 Å². The second kappa shape index (κ2) is 10.0. The van der Waals surface area contributed by atoms with Crippen molar-refractivity contribution in [1.82, 2.24) is 14.8 Å². The molecular weight excluding hydrogens is 376 g/mol. The van der Waals surface area contributed by atoms with Gasteiger partial charge in [-0.2, -0.15) is 0 Å². The van der Waals surface area contributed by atoms with Crippen LogP contribution in [0.1, 0.15) is 19.0 Å². The van der Waals surface area contributed by atoms with Gasteiger partial charge in [0.05, 0.1) is 18.9 Å². The monoisotopic (exact) mass is 410 g/mol. The minimum Gasteiger partial charge on any atom is -0.398 e. The van der Waals surface area contributed by atoms with Gasteiger partial charge >= 0.3 is 0 Å². The summed E-state index contributed by atoms with van der Waals surface area (Å²) in [7, 11) is 0. The Bertz CT molecular complexity index is 849. The fourth-order valence-corrected chi connectivity index (χ4v) is 4.17. The number of pyridine rings is 1. The Morgan fingerprint density at radius 1 is 1.00 bits per heavy atom. The lowest BCUT2D eigenvalue weighted by molar-refractivity contribution is 0.0360. The SMILES string of the molecule is N=C(c1ccnc(N2CCN(CCCN3CCOCC3)CC2)c1)c1ccccc1N.[HH]. The molecule has 4 rings (SSSR count). The van der Waals surface area contributed by atoms with Crippen LogP contribution < -0.4 is 10.6 Å². The van der Waals surface area contributed by atoms with E-state index in [4.69, 9.17) is 15.9 Å². The highest BCUT2D eigenvalue weighted by Gasteiger charge is 2.19. The largest absolute Gasteiger partial charge is 0.398 e. The molecule has 0 saturated carbocycles. The highest BCUT2D eigenvalue weighted by molar-refractivity contribution is 6.14. The van der Waals surface area contributed by atoms with Crippen molar-refractivity contribution in [2.75, 3.05) is 76.2 Å². The quantitative estimate of drug-likeness (QED) is 0.538. The number of hydrogen-bond acceptors (Lipinski definition) is 7. The normalized spacial score (nSPS) is 18.5. The van der Waals surface area contributed by atoms with Gasteiger partial charge in [0, 0.05) is 63.7 Å². The molecule has 0 spiro atoms. The number of ether oxygens (including phenoxy) is 1. The molecule has 162 valence electrons. The number of hydrogen-bond donors (Lipinski definition) is 2. The summed E-state index contributed by atoms with van der Waals surface area (Å²) >= 11 is 0. The van der Waals surface area contributed by atoms with E-state index in [1.54, 1.807) is 6.20 Å². The van der Waals surface area contributed by atoms with E-state index in [0.717, 1.165) is 82.5 Å². The predicted octanol–water partition coefficient (Wildman–Crippen LogP) is 2.17. The van der Waals surface area contributed by atoms with Gasteiger partial charge in [0.25, 0.3) is 0 Å². The van der Waals surface area contributed by atoms with E-state index in [9.17, 15) is 0 Å². The third-order valence-corrected chi connectivity index (χ3v) is 6.01. The number of anilines is 2. The molecule has 2 saturated heterocycles. The summed E-state index contributed by atoms with van der Waals surface area (Å²) in [6, 6.07) is 11.5. The Labute approximate surface area is 180 Å². The van der Waals surface area contributed by atoms with Gasteiger partial charge in [-0.05, 0) is 37.7 Å². The number of nitrogens with two attached hydrogens (primary N) is 1. The van der Waals surface area contributed by atoms with Crippen molar-refractivity contribution in [3.8, 4) is 0 Å². The van der Waals surface area contributed by atoms with Crippen LogP contribution in [0, 0.1) is 5.41 Å². The van der Waals surface area contributed by atoms with Crippen LogP contribution in [0.25, 0.3) is 0 Å². The minimum absolute atomic E-state index is 0. The Morgan fingerprint density at radius 3 is 2.43 bits per heavy atom. The fraction of sp³-hybridized carbons (Fsp3) is 0.478. The Morgan fingerprint density at radius 2 is 1.70 bits per heavy atom. The van der Waals surface area contributed by atoms with Gasteiger partial charge in [0.15, 0.2) is 0 Å². The molecule has 0 unspecified atom stereocenters. The van der Waals surface area contributed by atoms with E-state index in [-0.39, 0.29) is 1.43 Å². The molecule has 30 heavy (non-hydrogen) atoms. The molecule has 0 amide bonds. The standard InChI is InChI=1S/C23H32N6O.H2/c24-21-5-2-1-4-20(21)23(25)19-6-7-26-22(18-19)29-12-10-27(11-13-29)8-3-9-28-14-16-30-17-15-28;/h1-2,4-7,18,25H,3,8-17,24H2;1H. The van der Waals surface area contributed by atoms with Crippen molar-refractivity contribution < 1.29 is 6.16 Å². The first kappa shape index (κ1) is 20.8. The van der Waals surface area contributed by atoms with Crippen molar-refractivity contribution in [1.29, 1.82) is 5.41 Å². The van der Waals surface area contributed by atoms with Gasteiger partial charge < -0.3 is 15.4 Å².